The first-order valence-electron chi connectivity index (χ1n) is 7.28. The van der Waals surface area contributed by atoms with Gasteiger partial charge in [-0.15, -0.1) is 11.8 Å². The highest BCUT2D eigenvalue weighted by Gasteiger charge is 2.11. The Morgan fingerprint density at radius 2 is 1.91 bits per heavy atom. The van der Waals surface area contributed by atoms with E-state index in [-0.39, 0.29) is 11.7 Å². The second-order valence-electron chi connectivity index (χ2n) is 5.22. The van der Waals surface area contributed by atoms with Crippen molar-refractivity contribution in [2.24, 2.45) is 0 Å². The molecule has 0 aliphatic rings. The van der Waals surface area contributed by atoms with Crippen molar-refractivity contribution < 1.29 is 14.1 Å². The van der Waals surface area contributed by atoms with E-state index in [0.29, 0.717) is 16.5 Å². The number of thioether (sulfide) groups is 1. The molecule has 0 radical (unpaired) electrons. The summed E-state index contributed by atoms with van der Waals surface area (Å²) < 4.78 is 13.5. The van der Waals surface area contributed by atoms with E-state index in [9.17, 15) is 9.18 Å². The molecule has 122 valence electrons. The summed E-state index contributed by atoms with van der Waals surface area (Å²) >= 11 is 7.27. The Morgan fingerprint density at radius 1 is 1.22 bits per heavy atom. The van der Waals surface area contributed by atoms with Crippen LogP contribution < -0.4 is 10.2 Å². The Bertz CT molecular complexity index is 651. The first-order valence-corrected chi connectivity index (χ1v) is 8.65. The predicted octanol–water partition coefficient (Wildman–Crippen LogP) is 2.72. The van der Waals surface area contributed by atoms with Crippen LogP contribution in [0.3, 0.4) is 0 Å². The fourth-order valence-electron chi connectivity index (χ4n) is 2.00. The number of carbonyl (C=O) groups is 1. The number of nitrogens with one attached hydrogen (secondary N) is 2. The van der Waals surface area contributed by atoms with Crippen LogP contribution in [-0.2, 0) is 4.79 Å². The van der Waals surface area contributed by atoms with Crippen molar-refractivity contribution in [3.63, 3.8) is 0 Å². The molecule has 1 unspecified atom stereocenters. The number of hydrogen-bond donors (Lipinski definition) is 2. The van der Waals surface area contributed by atoms with Crippen LogP contribution in [0, 0.1) is 5.82 Å². The van der Waals surface area contributed by atoms with E-state index in [2.05, 4.69) is 5.32 Å². The third kappa shape index (κ3) is 6.22. The molecule has 3 nitrogen and oxygen atoms in total. The molecule has 6 heteroatoms. The van der Waals surface area contributed by atoms with Crippen molar-refractivity contribution in [2.45, 2.75) is 4.90 Å². The zero-order valence-corrected chi connectivity index (χ0v) is 14.4. The van der Waals surface area contributed by atoms with E-state index in [0.717, 1.165) is 22.9 Å². The molecule has 0 aromatic heterocycles. The molecule has 0 aliphatic heterocycles. The van der Waals surface area contributed by atoms with E-state index < -0.39 is 0 Å². The number of anilines is 1. The van der Waals surface area contributed by atoms with Gasteiger partial charge in [0.1, 0.15) is 5.82 Å². The maximum Gasteiger partial charge on any atom is 0.279 e. The van der Waals surface area contributed by atoms with Crippen molar-refractivity contribution in [1.29, 1.82) is 0 Å². The molecule has 2 aromatic rings. The maximum atomic E-state index is 13.5. The highest BCUT2D eigenvalue weighted by atomic mass is 35.5. The fraction of sp³-hybridized carbons (Fsp3) is 0.235. The number of quaternary nitrogens is 1. The lowest BCUT2D eigenvalue weighted by Crippen LogP contribution is -3.10. The van der Waals surface area contributed by atoms with Crippen molar-refractivity contribution >= 4 is 35.0 Å². The average Bonchev–Trinajstić information content (AvgIpc) is 2.51. The minimum Gasteiger partial charge on any atom is -0.329 e. The quantitative estimate of drug-likeness (QED) is 0.750. The summed E-state index contributed by atoms with van der Waals surface area (Å²) in [6.07, 6.45) is 0. The number of halogens is 2. The van der Waals surface area contributed by atoms with Gasteiger partial charge in [-0.05, 0) is 36.4 Å². The second-order valence-corrected chi connectivity index (χ2v) is 6.79. The van der Waals surface area contributed by atoms with Crippen LogP contribution in [-0.4, -0.2) is 31.8 Å². The highest BCUT2D eigenvalue weighted by Crippen LogP contribution is 2.20. The SMILES string of the molecule is C[NH+](CCSc1ccccc1F)CC(=O)Nc1ccc(Cl)cc1. The number of amides is 1. The smallest absolute Gasteiger partial charge is 0.279 e. The third-order valence-corrected chi connectivity index (χ3v) is 4.52. The molecule has 2 rings (SSSR count). The minimum atomic E-state index is -0.198. The highest BCUT2D eigenvalue weighted by molar-refractivity contribution is 7.99. The van der Waals surface area contributed by atoms with Gasteiger partial charge in [0.2, 0.25) is 0 Å². The lowest BCUT2D eigenvalue weighted by Gasteiger charge is -2.13. The lowest BCUT2D eigenvalue weighted by molar-refractivity contribution is -0.868. The van der Waals surface area contributed by atoms with Gasteiger partial charge in [0.15, 0.2) is 6.54 Å². The van der Waals surface area contributed by atoms with Crippen molar-refractivity contribution in [1.82, 2.24) is 0 Å². The molecule has 0 bridgehead atoms. The normalized spacial score (nSPS) is 12.0. The van der Waals surface area contributed by atoms with Gasteiger partial charge in [-0.2, -0.15) is 0 Å². The molecular weight excluding hydrogens is 335 g/mol. The van der Waals surface area contributed by atoms with Crippen LogP contribution in [0.5, 0.6) is 0 Å². The first kappa shape index (κ1) is 17.8. The van der Waals surface area contributed by atoms with Crippen LogP contribution in [0.15, 0.2) is 53.4 Å². The second kappa shape index (κ2) is 8.91. The van der Waals surface area contributed by atoms with E-state index >= 15 is 0 Å². The summed E-state index contributed by atoms with van der Waals surface area (Å²) in [4.78, 5) is 13.7. The van der Waals surface area contributed by atoms with Crippen LogP contribution in [0.4, 0.5) is 10.1 Å². The van der Waals surface area contributed by atoms with Crippen molar-refractivity contribution in [3.8, 4) is 0 Å². The van der Waals surface area contributed by atoms with Gasteiger partial charge in [-0.1, -0.05) is 23.7 Å². The average molecular weight is 354 g/mol. The van der Waals surface area contributed by atoms with Crippen molar-refractivity contribution in [3.05, 3.63) is 59.4 Å². The first-order chi connectivity index (χ1) is 11.0. The van der Waals surface area contributed by atoms with Gasteiger partial charge < -0.3 is 10.2 Å². The van der Waals surface area contributed by atoms with Gasteiger partial charge in [-0.25, -0.2) is 4.39 Å². The van der Waals surface area contributed by atoms with E-state index in [1.54, 1.807) is 36.4 Å². The summed E-state index contributed by atoms with van der Waals surface area (Å²) in [6, 6.07) is 13.7. The van der Waals surface area contributed by atoms with Crippen LogP contribution in [0.2, 0.25) is 5.02 Å². The van der Waals surface area contributed by atoms with Gasteiger partial charge in [0.25, 0.3) is 5.91 Å². The topological polar surface area (TPSA) is 33.5 Å². The monoisotopic (exact) mass is 353 g/mol. The zero-order valence-electron chi connectivity index (χ0n) is 12.8. The number of likely N-dealkylation sites (N-methyl/N-ethyl adjacent to an activating group) is 1. The number of carbonyl (C=O) groups excluding carboxylic acids is 1. The van der Waals surface area contributed by atoms with Gasteiger partial charge in [-0.3, -0.25) is 4.79 Å². The largest absolute Gasteiger partial charge is 0.329 e. The molecular formula is C17H19ClFN2OS+. The van der Waals surface area contributed by atoms with Gasteiger partial charge in [0.05, 0.1) is 13.6 Å². The summed E-state index contributed by atoms with van der Waals surface area (Å²) in [5, 5.41) is 3.47. The predicted molar refractivity (Wildman–Crippen MR) is 93.8 cm³/mol. The number of rotatable bonds is 7. The van der Waals surface area contributed by atoms with Crippen molar-refractivity contribution in [2.75, 3.05) is 31.2 Å². The summed E-state index contributed by atoms with van der Waals surface area (Å²) in [7, 11) is 1.95. The lowest BCUT2D eigenvalue weighted by atomic mass is 10.3. The Morgan fingerprint density at radius 3 is 2.61 bits per heavy atom. The van der Waals surface area contributed by atoms with E-state index in [4.69, 9.17) is 11.6 Å². The molecule has 1 amide bonds. The fourth-order valence-corrected chi connectivity index (χ4v) is 3.18. The van der Waals surface area contributed by atoms with Gasteiger partial charge in [0, 0.05) is 21.4 Å². The summed E-state index contributed by atoms with van der Waals surface area (Å²) in [5.74, 6) is 0.498. The number of benzene rings is 2. The maximum absolute atomic E-state index is 13.5. The molecule has 0 saturated heterocycles. The van der Waals surface area contributed by atoms with Crippen LogP contribution >= 0.6 is 23.4 Å². The zero-order chi connectivity index (χ0) is 16.7. The summed E-state index contributed by atoms with van der Waals surface area (Å²) in [5.41, 5.74) is 0.730. The molecule has 0 spiro atoms. The molecule has 0 aliphatic carbocycles. The number of hydrogen-bond acceptors (Lipinski definition) is 2. The Labute approximate surface area is 144 Å². The standard InChI is InChI=1S/C17H18ClFN2OS/c1-21(10-11-23-16-5-3-2-4-15(16)19)12-17(22)20-14-8-6-13(18)7-9-14/h2-9H,10-12H2,1H3,(H,20,22)/p+1. The van der Waals surface area contributed by atoms with Crippen LogP contribution in [0.1, 0.15) is 0 Å². The van der Waals surface area contributed by atoms with E-state index in [1.807, 2.05) is 13.1 Å². The summed E-state index contributed by atoms with van der Waals surface area (Å²) in [6.45, 7) is 1.13. The molecule has 0 saturated carbocycles. The third-order valence-electron chi connectivity index (χ3n) is 3.21. The Balaban J connectivity index is 1.71. The molecule has 23 heavy (non-hydrogen) atoms. The molecule has 1 atom stereocenters. The molecule has 0 heterocycles. The van der Waals surface area contributed by atoms with E-state index in [1.165, 1.54) is 17.8 Å². The minimum absolute atomic E-state index is 0.0549. The molecule has 0 fully saturated rings. The molecule has 2 N–H and O–H groups in total. The van der Waals surface area contributed by atoms with Gasteiger partial charge >= 0.3 is 0 Å². The Hall–Kier alpha value is -1.56. The van der Waals surface area contributed by atoms with Crippen LogP contribution in [0.25, 0.3) is 0 Å². The molecule has 2 aromatic carbocycles. The Kier molecular flexibility index (Phi) is 6.89.